The van der Waals surface area contributed by atoms with E-state index in [2.05, 4.69) is 61.7 Å². The van der Waals surface area contributed by atoms with Crippen LogP contribution in [0.5, 0.6) is 0 Å². The minimum absolute atomic E-state index is 0.730. The standard InChI is InChI=1S/C17H34N4/c1-13(2)8-10-21(11-9-14(3)4)17-16(12-18-6)15(5)19-20(17)7/h13-14,18H,8-12H2,1-7H3. The Hall–Kier alpha value is -1.03. The van der Waals surface area contributed by atoms with Crippen molar-refractivity contribution in [3.8, 4) is 0 Å². The van der Waals surface area contributed by atoms with Gasteiger partial charge in [-0.2, -0.15) is 5.10 Å². The SMILES string of the molecule is CNCc1c(C)nn(C)c1N(CCC(C)C)CCC(C)C. The van der Waals surface area contributed by atoms with Crippen LogP contribution < -0.4 is 10.2 Å². The topological polar surface area (TPSA) is 33.1 Å². The maximum absolute atomic E-state index is 4.64. The molecule has 0 bridgehead atoms. The van der Waals surface area contributed by atoms with Crippen LogP contribution in [0.15, 0.2) is 0 Å². The summed E-state index contributed by atoms with van der Waals surface area (Å²) in [7, 11) is 4.07. The molecule has 1 N–H and O–H groups in total. The highest BCUT2D eigenvalue weighted by Crippen LogP contribution is 2.25. The van der Waals surface area contributed by atoms with Gasteiger partial charge in [0.25, 0.3) is 0 Å². The van der Waals surface area contributed by atoms with Gasteiger partial charge in [0.2, 0.25) is 0 Å². The molecule has 21 heavy (non-hydrogen) atoms. The molecule has 0 unspecified atom stereocenters. The average molecular weight is 294 g/mol. The van der Waals surface area contributed by atoms with Gasteiger partial charge < -0.3 is 10.2 Å². The van der Waals surface area contributed by atoms with Crippen LogP contribution in [-0.4, -0.2) is 29.9 Å². The number of anilines is 1. The summed E-state index contributed by atoms with van der Waals surface area (Å²) < 4.78 is 2.06. The van der Waals surface area contributed by atoms with E-state index in [1.807, 2.05) is 7.05 Å². The van der Waals surface area contributed by atoms with Crippen molar-refractivity contribution in [3.63, 3.8) is 0 Å². The summed E-state index contributed by atoms with van der Waals surface area (Å²) in [6.45, 7) is 14.4. The zero-order valence-electron chi connectivity index (χ0n) is 15.0. The van der Waals surface area contributed by atoms with Gasteiger partial charge in [0.05, 0.1) is 5.69 Å². The number of nitrogens with one attached hydrogen (secondary N) is 1. The maximum Gasteiger partial charge on any atom is 0.131 e. The van der Waals surface area contributed by atoms with Crippen LogP contribution in [0.1, 0.15) is 51.8 Å². The monoisotopic (exact) mass is 294 g/mol. The fourth-order valence-electron chi connectivity index (χ4n) is 2.62. The molecule has 0 radical (unpaired) electrons. The highest BCUT2D eigenvalue weighted by Gasteiger charge is 2.19. The first-order valence-corrected chi connectivity index (χ1v) is 8.28. The Morgan fingerprint density at radius 2 is 1.62 bits per heavy atom. The number of hydrogen-bond acceptors (Lipinski definition) is 3. The van der Waals surface area contributed by atoms with E-state index in [1.165, 1.54) is 24.2 Å². The maximum atomic E-state index is 4.64. The number of aromatic nitrogens is 2. The predicted molar refractivity (Wildman–Crippen MR) is 91.8 cm³/mol. The summed E-state index contributed by atoms with van der Waals surface area (Å²) >= 11 is 0. The zero-order chi connectivity index (χ0) is 16.0. The zero-order valence-corrected chi connectivity index (χ0v) is 15.0. The van der Waals surface area contributed by atoms with Gasteiger partial charge in [-0.3, -0.25) is 4.68 Å². The lowest BCUT2D eigenvalue weighted by Gasteiger charge is -2.27. The highest BCUT2D eigenvalue weighted by atomic mass is 15.4. The van der Waals surface area contributed by atoms with E-state index in [1.54, 1.807) is 0 Å². The van der Waals surface area contributed by atoms with E-state index >= 15 is 0 Å². The quantitative estimate of drug-likeness (QED) is 0.758. The summed E-state index contributed by atoms with van der Waals surface area (Å²) in [6, 6.07) is 0. The minimum atomic E-state index is 0.730. The van der Waals surface area contributed by atoms with Crippen molar-refractivity contribution in [2.75, 3.05) is 25.0 Å². The highest BCUT2D eigenvalue weighted by molar-refractivity contribution is 5.50. The molecule has 1 rings (SSSR count). The molecule has 1 heterocycles. The number of hydrogen-bond donors (Lipinski definition) is 1. The molecule has 4 nitrogen and oxygen atoms in total. The number of nitrogens with zero attached hydrogens (tertiary/aromatic N) is 3. The van der Waals surface area contributed by atoms with Gasteiger partial charge >= 0.3 is 0 Å². The van der Waals surface area contributed by atoms with Crippen LogP contribution in [0.2, 0.25) is 0 Å². The Bertz CT molecular complexity index is 409. The Morgan fingerprint density at radius 3 is 2.05 bits per heavy atom. The molecule has 1 aromatic rings. The summed E-state index contributed by atoms with van der Waals surface area (Å²) in [6.07, 6.45) is 2.45. The molecule has 0 aliphatic rings. The van der Waals surface area contributed by atoms with Gasteiger partial charge in [-0.15, -0.1) is 0 Å². The minimum Gasteiger partial charge on any atom is -0.357 e. The van der Waals surface area contributed by atoms with Gasteiger partial charge in [-0.05, 0) is 38.6 Å². The third kappa shape index (κ3) is 5.34. The van der Waals surface area contributed by atoms with Crippen LogP contribution in [-0.2, 0) is 13.6 Å². The van der Waals surface area contributed by atoms with Gasteiger partial charge in [0.1, 0.15) is 5.82 Å². The van der Waals surface area contributed by atoms with Crippen LogP contribution >= 0.6 is 0 Å². The second kappa shape index (κ2) is 8.42. The van der Waals surface area contributed by atoms with Gasteiger partial charge in [-0.1, -0.05) is 27.7 Å². The largest absolute Gasteiger partial charge is 0.357 e. The van der Waals surface area contributed by atoms with Crippen molar-refractivity contribution in [1.82, 2.24) is 15.1 Å². The fourth-order valence-corrected chi connectivity index (χ4v) is 2.62. The molecule has 1 aromatic heterocycles. The molecule has 0 saturated heterocycles. The molecule has 0 aliphatic carbocycles. The smallest absolute Gasteiger partial charge is 0.131 e. The van der Waals surface area contributed by atoms with Crippen molar-refractivity contribution < 1.29 is 0 Å². The van der Waals surface area contributed by atoms with Crippen molar-refractivity contribution in [2.45, 2.75) is 54.0 Å². The van der Waals surface area contributed by atoms with E-state index in [-0.39, 0.29) is 0 Å². The summed E-state index contributed by atoms with van der Waals surface area (Å²) in [5.41, 5.74) is 2.48. The van der Waals surface area contributed by atoms with Gasteiger partial charge in [0.15, 0.2) is 0 Å². The average Bonchev–Trinajstić information content (AvgIpc) is 2.65. The van der Waals surface area contributed by atoms with Crippen molar-refractivity contribution in [2.24, 2.45) is 18.9 Å². The lowest BCUT2D eigenvalue weighted by molar-refractivity contribution is 0.526. The van der Waals surface area contributed by atoms with Crippen molar-refractivity contribution in [3.05, 3.63) is 11.3 Å². The lowest BCUT2D eigenvalue weighted by Crippen LogP contribution is -2.30. The first-order valence-electron chi connectivity index (χ1n) is 8.28. The van der Waals surface area contributed by atoms with Crippen molar-refractivity contribution in [1.29, 1.82) is 0 Å². The Labute approximate surface area is 130 Å². The van der Waals surface area contributed by atoms with E-state index in [9.17, 15) is 0 Å². The van der Waals surface area contributed by atoms with Crippen LogP contribution in [0.25, 0.3) is 0 Å². The molecule has 0 atom stereocenters. The first-order chi connectivity index (χ1) is 9.86. The summed E-state index contributed by atoms with van der Waals surface area (Å²) in [4.78, 5) is 2.53. The second-order valence-electron chi connectivity index (χ2n) is 6.89. The molecule has 0 aromatic carbocycles. The predicted octanol–water partition coefficient (Wildman–Crippen LogP) is 3.35. The van der Waals surface area contributed by atoms with Crippen LogP contribution in [0.4, 0.5) is 5.82 Å². The van der Waals surface area contributed by atoms with E-state index in [0.717, 1.165) is 37.2 Å². The number of aryl methyl sites for hydroxylation is 2. The molecule has 122 valence electrons. The molecular formula is C17H34N4. The summed E-state index contributed by atoms with van der Waals surface area (Å²) in [5.74, 6) is 2.75. The second-order valence-corrected chi connectivity index (χ2v) is 6.89. The third-order valence-electron chi connectivity index (χ3n) is 3.92. The molecule has 0 saturated carbocycles. The molecule has 0 spiro atoms. The molecule has 0 amide bonds. The van der Waals surface area contributed by atoms with E-state index in [0.29, 0.717) is 0 Å². The Kier molecular flexibility index (Phi) is 7.23. The lowest BCUT2D eigenvalue weighted by atomic mass is 10.1. The van der Waals surface area contributed by atoms with Crippen LogP contribution in [0.3, 0.4) is 0 Å². The van der Waals surface area contributed by atoms with Gasteiger partial charge in [0, 0.05) is 32.2 Å². The van der Waals surface area contributed by atoms with Crippen LogP contribution in [0, 0.1) is 18.8 Å². The molecule has 0 fully saturated rings. The fraction of sp³-hybridized carbons (Fsp3) is 0.824. The third-order valence-corrected chi connectivity index (χ3v) is 3.92. The Morgan fingerprint density at radius 1 is 1.10 bits per heavy atom. The first kappa shape index (κ1) is 18.0. The normalized spacial score (nSPS) is 11.7. The molecular weight excluding hydrogens is 260 g/mol. The van der Waals surface area contributed by atoms with Gasteiger partial charge in [-0.25, -0.2) is 0 Å². The molecule has 0 aliphatic heterocycles. The van der Waals surface area contributed by atoms with Crippen molar-refractivity contribution >= 4 is 5.82 Å². The summed E-state index contributed by atoms with van der Waals surface area (Å²) in [5, 5.41) is 7.92. The Balaban J connectivity index is 2.99. The molecule has 4 heteroatoms. The van der Waals surface area contributed by atoms with E-state index < -0.39 is 0 Å². The van der Waals surface area contributed by atoms with E-state index in [4.69, 9.17) is 0 Å². The number of rotatable bonds is 9.